The fraction of sp³-hybridized carbons (Fsp3) is 0.500. The maximum Gasteiger partial charge on any atom is 0.0372 e. The third-order valence-corrected chi connectivity index (χ3v) is 2.67. The van der Waals surface area contributed by atoms with E-state index in [2.05, 4.69) is 37.4 Å². The molecule has 13 heavy (non-hydrogen) atoms. The number of aryl methyl sites for hydroxylation is 2. The Labute approximate surface area is 80.2 Å². The number of benzene rings is 1. The fourth-order valence-electron chi connectivity index (χ4n) is 1.50. The molecule has 0 spiro atoms. The van der Waals surface area contributed by atoms with Gasteiger partial charge >= 0.3 is 0 Å². The van der Waals surface area contributed by atoms with Gasteiger partial charge in [0.25, 0.3) is 0 Å². The van der Waals surface area contributed by atoms with Gasteiger partial charge in [0.2, 0.25) is 0 Å². The van der Waals surface area contributed by atoms with Gasteiger partial charge in [-0.25, -0.2) is 0 Å². The molecule has 0 radical (unpaired) electrons. The van der Waals surface area contributed by atoms with E-state index in [1.54, 1.807) is 0 Å². The van der Waals surface area contributed by atoms with Crippen LogP contribution in [0.5, 0.6) is 0 Å². The van der Waals surface area contributed by atoms with Crippen LogP contribution in [0.1, 0.15) is 24.0 Å². The van der Waals surface area contributed by atoms with Crippen molar-refractivity contribution in [3.63, 3.8) is 0 Å². The molecule has 1 saturated carbocycles. The molecule has 1 nitrogen and oxygen atoms in total. The van der Waals surface area contributed by atoms with E-state index >= 15 is 0 Å². The highest BCUT2D eigenvalue weighted by atomic mass is 14.9. The van der Waals surface area contributed by atoms with Gasteiger partial charge in [-0.3, -0.25) is 0 Å². The van der Waals surface area contributed by atoms with Gasteiger partial charge in [-0.15, -0.1) is 0 Å². The third kappa shape index (κ3) is 2.24. The molecule has 1 aromatic carbocycles. The molecule has 70 valence electrons. The van der Waals surface area contributed by atoms with Crippen molar-refractivity contribution in [2.45, 2.75) is 26.7 Å². The van der Waals surface area contributed by atoms with Crippen molar-refractivity contribution < 1.29 is 0 Å². The zero-order chi connectivity index (χ0) is 9.26. The summed E-state index contributed by atoms with van der Waals surface area (Å²) >= 11 is 0. The number of hydrogen-bond donors (Lipinski definition) is 1. The molecule has 0 unspecified atom stereocenters. The van der Waals surface area contributed by atoms with E-state index < -0.39 is 0 Å². The van der Waals surface area contributed by atoms with Crippen LogP contribution in [0, 0.1) is 19.8 Å². The van der Waals surface area contributed by atoms with E-state index in [4.69, 9.17) is 0 Å². The molecule has 1 aromatic rings. The van der Waals surface area contributed by atoms with Gasteiger partial charge in [-0.05, 0) is 49.8 Å². The van der Waals surface area contributed by atoms with Crippen molar-refractivity contribution >= 4 is 5.69 Å². The maximum atomic E-state index is 3.52. The minimum Gasteiger partial charge on any atom is -0.385 e. The summed E-state index contributed by atoms with van der Waals surface area (Å²) in [5, 5.41) is 3.52. The smallest absolute Gasteiger partial charge is 0.0372 e. The van der Waals surface area contributed by atoms with Crippen molar-refractivity contribution in [2.75, 3.05) is 11.9 Å². The van der Waals surface area contributed by atoms with E-state index in [1.165, 1.54) is 29.7 Å². The van der Waals surface area contributed by atoms with Crippen LogP contribution in [0.3, 0.4) is 0 Å². The second-order valence-electron chi connectivity index (χ2n) is 4.14. The largest absolute Gasteiger partial charge is 0.385 e. The molecule has 1 aliphatic rings. The van der Waals surface area contributed by atoms with E-state index in [1.807, 2.05) is 0 Å². The summed E-state index contributed by atoms with van der Waals surface area (Å²) in [7, 11) is 0. The SMILES string of the molecule is Cc1ccc(C)c(NCC2CC2)c1. The summed E-state index contributed by atoms with van der Waals surface area (Å²) in [4.78, 5) is 0. The molecule has 1 fully saturated rings. The van der Waals surface area contributed by atoms with Gasteiger partial charge in [0.1, 0.15) is 0 Å². The molecular formula is C12H17N. The van der Waals surface area contributed by atoms with Crippen LogP contribution in [0.4, 0.5) is 5.69 Å². The third-order valence-electron chi connectivity index (χ3n) is 2.67. The Hall–Kier alpha value is -0.980. The summed E-state index contributed by atoms with van der Waals surface area (Å²) in [6.45, 7) is 5.46. The Morgan fingerprint density at radius 1 is 1.31 bits per heavy atom. The molecule has 0 aliphatic heterocycles. The van der Waals surface area contributed by atoms with Gasteiger partial charge in [0.15, 0.2) is 0 Å². The first kappa shape index (κ1) is 8.61. The van der Waals surface area contributed by atoms with Crippen molar-refractivity contribution in [3.8, 4) is 0 Å². The molecule has 0 saturated heterocycles. The van der Waals surface area contributed by atoms with Gasteiger partial charge in [0, 0.05) is 12.2 Å². The molecule has 1 N–H and O–H groups in total. The van der Waals surface area contributed by atoms with Crippen LogP contribution in [0.2, 0.25) is 0 Å². The van der Waals surface area contributed by atoms with Crippen LogP contribution in [-0.4, -0.2) is 6.54 Å². The van der Waals surface area contributed by atoms with E-state index in [0.717, 1.165) is 12.5 Å². The first-order valence-corrected chi connectivity index (χ1v) is 5.07. The predicted octanol–water partition coefficient (Wildman–Crippen LogP) is 3.13. The van der Waals surface area contributed by atoms with Crippen LogP contribution in [0.15, 0.2) is 18.2 Å². The fourth-order valence-corrected chi connectivity index (χ4v) is 1.50. The van der Waals surface area contributed by atoms with Crippen LogP contribution < -0.4 is 5.32 Å². The van der Waals surface area contributed by atoms with Crippen molar-refractivity contribution in [2.24, 2.45) is 5.92 Å². The quantitative estimate of drug-likeness (QED) is 0.744. The lowest BCUT2D eigenvalue weighted by atomic mass is 10.1. The molecule has 1 heteroatoms. The lowest BCUT2D eigenvalue weighted by Crippen LogP contribution is -2.04. The zero-order valence-corrected chi connectivity index (χ0v) is 8.43. The maximum absolute atomic E-state index is 3.52. The average Bonchev–Trinajstić information content (AvgIpc) is 2.90. The minimum absolute atomic E-state index is 0.944. The Bertz CT molecular complexity index is 300. The highest BCUT2D eigenvalue weighted by molar-refractivity contribution is 5.52. The summed E-state index contributed by atoms with van der Waals surface area (Å²) in [6, 6.07) is 6.58. The van der Waals surface area contributed by atoms with Crippen LogP contribution in [0.25, 0.3) is 0 Å². The highest BCUT2D eigenvalue weighted by Crippen LogP contribution is 2.29. The second kappa shape index (κ2) is 3.41. The highest BCUT2D eigenvalue weighted by Gasteiger charge is 2.20. The lowest BCUT2D eigenvalue weighted by molar-refractivity contribution is 0.888. The summed E-state index contributed by atoms with van der Waals surface area (Å²) in [5.74, 6) is 0.944. The molecule has 0 heterocycles. The molecule has 0 aromatic heterocycles. The lowest BCUT2D eigenvalue weighted by Gasteiger charge is -2.09. The standard InChI is InChI=1S/C12H17N/c1-9-3-4-10(2)12(7-9)13-8-11-5-6-11/h3-4,7,11,13H,5-6,8H2,1-2H3. The second-order valence-corrected chi connectivity index (χ2v) is 4.14. The van der Waals surface area contributed by atoms with Gasteiger partial charge in [-0.1, -0.05) is 12.1 Å². The number of hydrogen-bond acceptors (Lipinski definition) is 1. The first-order chi connectivity index (χ1) is 6.25. The Morgan fingerprint density at radius 3 is 2.77 bits per heavy atom. The molecule has 2 rings (SSSR count). The Kier molecular flexibility index (Phi) is 2.26. The molecule has 1 aliphatic carbocycles. The number of nitrogens with one attached hydrogen (secondary N) is 1. The first-order valence-electron chi connectivity index (χ1n) is 5.07. The normalized spacial score (nSPS) is 15.8. The van der Waals surface area contributed by atoms with Crippen LogP contribution >= 0.6 is 0 Å². The molecule has 0 atom stereocenters. The number of anilines is 1. The molecule has 0 amide bonds. The van der Waals surface area contributed by atoms with Crippen molar-refractivity contribution in [1.29, 1.82) is 0 Å². The average molecular weight is 175 g/mol. The molecular weight excluding hydrogens is 158 g/mol. The predicted molar refractivity (Wildman–Crippen MR) is 57.1 cm³/mol. The zero-order valence-electron chi connectivity index (χ0n) is 8.43. The van der Waals surface area contributed by atoms with Gasteiger partial charge in [-0.2, -0.15) is 0 Å². The van der Waals surface area contributed by atoms with Gasteiger partial charge < -0.3 is 5.32 Å². The summed E-state index contributed by atoms with van der Waals surface area (Å²) < 4.78 is 0. The van der Waals surface area contributed by atoms with Gasteiger partial charge in [0.05, 0.1) is 0 Å². The van der Waals surface area contributed by atoms with E-state index in [9.17, 15) is 0 Å². The molecule has 0 bridgehead atoms. The van der Waals surface area contributed by atoms with Crippen molar-refractivity contribution in [3.05, 3.63) is 29.3 Å². The Morgan fingerprint density at radius 2 is 2.08 bits per heavy atom. The van der Waals surface area contributed by atoms with Crippen molar-refractivity contribution in [1.82, 2.24) is 0 Å². The monoisotopic (exact) mass is 175 g/mol. The summed E-state index contributed by atoms with van der Waals surface area (Å²) in [5.41, 5.74) is 4.00. The summed E-state index contributed by atoms with van der Waals surface area (Å²) in [6.07, 6.45) is 2.83. The topological polar surface area (TPSA) is 12.0 Å². The van der Waals surface area contributed by atoms with E-state index in [-0.39, 0.29) is 0 Å². The minimum atomic E-state index is 0.944. The van der Waals surface area contributed by atoms with E-state index in [0.29, 0.717) is 0 Å². The number of rotatable bonds is 3. The Balaban J connectivity index is 2.03. The van der Waals surface area contributed by atoms with Crippen LogP contribution in [-0.2, 0) is 0 Å².